The van der Waals surface area contributed by atoms with Gasteiger partial charge >= 0.3 is 5.97 Å². The molecule has 3 heterocycles. The number of oxime groups is 1. The van der Waals surface area contributed by atoms with E-state index in [0.717, 1.165) is 50.2 Å². The Morgan fingerprint density at radius 2 is 1.88 bits per heavy atom. The van der Waals surface area contributed by atoms with E-state index in [0.29, 0.717) is 11.9 Å². The number of rotatable bonds is 6. The number of carboxylic acid groups (broad SMARTS) is 1. The summed E-state index contributed by atoms with van der Waals surface area (Å²) in [6, 6.07) is 14.0. The molecule has 2 aromatic carbocycles. The number of aromatic nitrogens is 1. The molecular weight excluding hydrogens is 450 g/mol. The van der Waals surface area contributed by atoms with Crippen molar-refractivity contribution in [1.82, 2.24) is 9.47 Å². The molecule has 6 rings (SSSR count). The van der Waals surface area contributed by atoms with Crippen LogP contribution in [0.3, 0.4) is 0 Å². The van der Waals surface area contributed by atoms with Crippen molar-refractivity contribution in [2.75, 3.05) is 13.1 Å². The van der Waals surface area contributed by atoms with E-state index in [1.807, 2.05) is 12.1 Å². The van der Waals surface area contributed by atoms with Crippen molar-refractivity contribution < 1.29 is 14.7 Å². The minimum Gasteiger partial charge on any atom is -0.478 e. The number of para-hydroxylation sites is 1. The van der Waals surface area contributed by atoms with Crippen molar-refractivity contribution in [1.29, 1.82) is 0 Å². The Kier molecular flexibility index (Phi) is 5.38. The molecule has 1 N–H and O–H groups in total. The number of benzene rings is 2. The van der Waals surface area contributed by atoms with Crippen molar-refractivity contribution in [2.24, 2.45) is 5.16 Å². The van der Waals surface area contributed by atoms with Gasteiger partial charge in [0.05, 0.1) is 16.8 Å². The molecule has 1 saturated carbocycles. The molecular formula is C27H28ClN3O3. The molecule has 2 aliphatic heterocycles. The molecule has 7 heteroatoms. The predicted molar refractivity (Wildman–Crippen MR) is 133 cm³/mol. The van der Waals surface area contributed by atoms with Crippen molar-refractivity contribution >= 4 is 34.2 Å². The van der Waals surface area contributed by atoms with Crippen LogP contribution in [0.1, 0.15) is 65.2 Å². The summed E-state index contributed by atoms with van der Waals surface area (Å²) in [5.74, 6) is -0.377. The Morgan fingerprint density at radius 3 is 2.56 bits per heavy atom. The predicted octanol–water partition coefficient (Wildman–Crippen LogP) is 5.57. The van der Waals surface area contributed by atoms with Gasteiger partial charge in [0, 0.05) is 62.4 Å². The zero-order valence-corrected chi connectivity index (χ0v) is 19.8. The SMILES string of the molecule is O=C(O)c1ccc(C2=NOC3(CCN(Cc4cn(C5CC5)c5c(CCl)cccc45)CC3)C2)cc1. The summed E-state index contributed by atoms with van der Waals surface area (Å²) >= 11 is 6.28. The average Bonchev–Trinajstić information content (AvgIpc) is 3.53. The highest BCUT2D eigenvalue weighted by atomic mass is 35.5. The van der Waals surface area contributed by atoms with Gasteiger partial charge in [0.25, 0.3) is 0 Å². The quantitative estimate of drug-likeness (QED) is 0.471. The Hall–Kier alpha value is -2.83. The van der Waals surface area contributed by atoms with Gasteiger partial charge < -0.3 is 14.5 Å². The molecule has 1 saturated heterocycles. The third kappa shape index (κ3) is 3.89. The van der Waals surface area contributed by atoms with E-state index in [-0.39, 0.29) is 11.2 Å². The van der Waals surface area contributed by atoms with E-state index in [9.17, 15) is 4.79 Å². The fourth-order valence-corrected chi connectivity index (χ4v) is 5.66. The average molecular weight is 478 g/mol. The van der Waals surface area contributed by atoms with E-state index >= 15 is 0 Å². The molecule has 1 spiro atoms. The van der Waals surface area contributed by atoms with E-state index in [1.165, 1.54) is 34.9 Å². The largest absolute Gasteiger partial charge is 0.478 e. The fourth-order valence-electron chi connectivity index (χ4n) is 5.44. The molecule has 1 aliphatic carbocycles. The van der Waals surface area contributed by atoms with Gasteiger partial charge in [0.1, 0.15) is 5.60 Å². The van der Waals surface area contributed by atoms with E-state index in [4.69, 9.17) is 21.5 Å². The molecule has 0 bridgehead atoms. The lowest BCUT2D eigenvalue weighted by molar-refractivity contribution is -0.0626. The minimum atomic E-state index is -0.917. The van der Waals surface area contributed by atoms with Gasteiger partial charge in [-0.3, -0.25) is 4.90 Å². The zero-order chi connectivity index (χ0) is 23.3. The van der Waals surface area contributed by atoms with Gasteiger partial charge in [0.15, 0.2) is 0 Å². The first kappa shape index (κ1) is 21.7. The Bertz CT molecular complexity index is 1270. The van der Waals surface area contributed by atoms with Crippen LogP contribution in [0.15, 0.2) is 53.8 Å². The number of fused-ring (bicyclic) bond motifs is 1. The van der Waals surface area contributed by atoms with Gasteiger partial charge in [-0.1, -0.05) is 35.5 Å². The number of hydrogen-bond donors (Lipinski definition) is 1. The summed E-state index contributed by atoms with van der Waals surface area (Å²) in [4.78, 5) is 19.6. The highest BCUT2D eigenvalue weighted by molar-refractivity contribution is 6.18. The second kappa shape index (κ2) is 8.43. The smallest absolute Gasteiger partial charge is 0.335 e. The first-order valence-electron chi connectivity index (χ1n) is 12.0. The van der Waals surface area contributed by atoms with Crippen LogP contribution in [0, 0.1) is 0 Å². The minimum absolute atomic E-state index is 0.245. The van der Waals surface area contributed by atoms with Gasteiger partial charge in [-0.15, -0.1) is 11.6 Å². The van der Waals surface area contributed by atoms with Crippen LogP contribution in [-0.4, -0.2) is 44.9 Å². The molecule has 6 nitrogen and oxygen atoms in total. The molecule has 0 atom stereocenters. The maximum atomic E-state index is 11.1. The lowest BCUT2D eigenvalue weighted by Gasteiger charge is -2.37. The van der Waals surface area contributed by atoms with Gasteiger partial charge in [-0.2, -0.15) is 0 Å². The van der Waals surface area contributed by atoms with Crippen molar-refractivity contribution in [3.05, 3.63) is 70.9 Å². The normalized spacial score (nSPS) is 20.0. The molecule has 3 aromatic rings. The highest BCUT2D eigenvalue weighted by Gasteiger charge is 2.42. The van der Waals surface area contributed by atoms with Crippen LogP contribution >= 0.6 is 11.6 Å². The van der Waals surface area contributed by atoms with Crippen molar-refractivity contribution in [2.45, 2.75) is 56.2 Å². The first-order chi connectivity index (χ1) is 16.5. The lowest BCUT2D eigenvalue weighted by atomic mass is 9.85. The summed E-state index contributed by atoms with van der Waals surface area (Å²) in [7, 11) is 0. The number of alkyl halides is 1. The van der Waals surface area contributed by atoms with Gasteiger partial charge in [-0.25, -0.2) is 4.79 Å². The number of nitrogens with zero attached hydrogens (tertiary/aromatic N) is 3. The molecule has 176 valence electrons. The molecule has 1 aromatic heterocycles. The lowest BCUT2D eigenvalue weighted by Crippen LogP contribution is -2.44. The number of piperidine rings is 1. The van der Waals surface area contributed by atoms with Crippen LogP contribution < -0.4 is 0 Å². The molecule has 0 unspecified atom stereocenters. The fraction of sp³-hybridized carbons (Fsp3) is 0.407. The molecule has 0 amide bonds. The Balaban J connectivity index is 1.13. The molecule has 3 aliphatic rings. The van der Waals surface area contributed by atoms with E-state index in [2.05, 4.69) is 39.0 Å². The summed E-state index contributed by atoms with van der Waals surface area (Å²) in [6.45, 7) is 2.86. The number of carboxylic acids is 1. The van der Waals surface area contributed by atoms with Crippen LogP contribution in [0.4, 0.5) is 0 Å². The number of hydrogen-bond acceptors (Lipinski definition) is 4. The maximum Gasteiger partial charge on any atom is 0.335 e. The number of halogens is 1. The number of likely N-dealkylation sites (tertiary alicyclic amines) is 1. The Labute approximate surface area is 203 Å². The highest BCUT2D eigenvalue weighted by Crippen LogP contribution is 2.41. The van der Waals surface area contributed by atoms with Gasteiger partial charge in [0.2, 0.25) is 0 Å². The number of carbonyl (C=O) groups is 1. The third-order valence-corrected chi connectivity index (χ3v) is 7.86. The first-order valence-corrected chi connectivity index (χ1v) is 12.6. The Morgan fingerprint density at radius 1 is 1.12 bits per heavy atom. The molecule has 34 heavy (non-hydrogen) atoms. The summed E-state index contributed by atoms with van der Waals surface area (Å²) in [5.41, 5.74) is 5.80. The third-order valence-electron chi connectivity index (χ3n) is 7.57. The summed E-state index contributed by atoms with van der Waals surface area (Å²) < 4.78 is 2.46. The van der Waals surface area contributed by atoms with Crippen molar-refractivity contribution in [3.8, 4) is 0 Å². The molecule has 2 fully saturated rings. The van der Waals surface area contributed by atoms with Gasteiger partial charge in [-0.05, 0) is 41.7 Å². The van der Waals surface area contributed by atoms with Crippen LogP contribution in [-0.2, 0) is 17.3 Å². The summed E-state index contributed by atoms with van der Waals surface area (Å²) in [6.07, 6.45) is 7.50. The second-order valence-electron chi connectivity index (χ2n) is 9.89. The summed E-state index contributed by atoms with van der Waals surface area (Å²) in [5, 5.41) is 14.8. The zero-order valence-electron chi connectivity index (χ0n) is 19.0. The van der Waals surface area contributed by atoms with Crippen LogP contribution in [0.2, 0.25) is 0 Å². The van der Waals surface area contributed by atoms with Crippen LogP contribution in [0.5, 0.6) is 0 Å². The molecule has 0 radical (unpaired) electrons. The topological polar surface area (TPSA) is 67.1 Å². The monoisotopic (exact) mass is 477 g/mol. The number of aromatic carboxylic acids is 1. The standard InChI is InChI=1S/C27H28ClN3O3/c28-15-20-2-1-3-23-21(17-31(25(20)23)22-8-9-22)16-30-12-10-27(11-13-30)14-24(29-34-27)18-4-6-19(7-5-18)26(32)33/h1-7,17,22H,8-16H2,(H,32,33). The van der Waals surface area contributed by atoms with E-state index in [1.54, 1.807) is 12.1 Å². The second-order valence-corrected chi connectivity index (χ2v) is 10.2. The van der Waals surface area contributed by atoms with Crippen molar-refractivity contribution in [3.63, 3.8) is 0 Å². The maximum absolute atomic E-state index is 11.1. The van der Waals surface area contributed by atoms with E-state index < -0.39 is 5.97 Å². The van der Waals surface area contributed by atoms with Crippen LogP contribution in [0.25, 0.3) is 10.9 Å².